The van der Waals surface area contributed by atoms with Gasteiger partial charge in [0.15, 0.2) is 5.78 Å². The number of nitrogens with zero attached hydrogens (tertiary/aromatic N) is 1. The molecule has 0 bridgehead atoms. The number of aromatic nitrogens is 1. The van der Waals surface area contributed by atoms with Crippen molar-refractivity contribution in [3.05, 3.63) is 90.1 Å². The molecule has 1 heterocycles. The van der Waals surface area contributed by atoms with Gasteiger partial charge in [0.1, 0.15) is 0 Å². The number of pyridine rings is 1. The van der Waals surface area contributed by atoms with E-state index in [2.05, 4.69) is 39.0 Å². The Labute approximate surface area is 159 Å². The number of Topliss-reactive ketones (excluding diaryl/α,β-unsaturated/α-hetero) is 1. The Morgan fingerprint density at radius 3 is 1.96 bits per heavy atom. The van der Waals surface area contributed by atoms with Gasteiger partial charge in [-0.25, -0.2) is 0 Å². The Balaban J connectivity index is 2.02. The molecular formula is C25H23NO. The van der Waals surface area contributed by atoms with Gasteiger partial charge in [0, 0.05) is 16.3 Å². The molecule has 27 heavy (non-hydrogen) atoms. The number of carbonyl (C=O) groups is 1. The molecule has 0 saturated heterocycles. The topological polar surface area (TPSA) is 30.0 Å². The first-order valence-electron chi connectivity index (χ1n) is 9.33. The van der Waals surface area contributed by atoms with E-state index in [4.69, 9.17) is 4.98 Å². The fraction of sp³-hybridized carbons (Fsp3) is 0.200. The van der Waals surface area contributed by atoms with Gasteiger partial charge in [-0.05, 0) is 16.9 Å². The SMILES string of the molecule is CC(C)(C)C(C(=O)c1ccccc1)c1nc2ccccc2c2ccccc12. The minimum Gasteiger partial charge on any atom is -0.293 e. The molecule has 0 spiro atoms. The van der Waals surface area contributed by atoms with Crippen molar-refractivity contribution in [3.8, 4) is 0 Å². The molecule has 0 N–H and O–H groups in total. The molecule has 0 aliphatic heterocycles. The van der Waals surface area contributed by atoms with Crippen LogP contribution in [0, 0.1) is 5.41 Å². The van der Waals surface area contributed by atoms with Crippen molar-refractivity contribution >= 4 is 27.5 Å². The highest BCUT2D eigenvalue weighted by atomic mass is 16.1. The molecule has 3 aromatic carbocycles. The zero-order valence-electron chi connectivity index (χ0n) is 15.9. The summed E-state index contributed by atoms with van der Waals surface area (Å²) in [5.41, 5.74) is 2.27. The third-order valence-electron chi connectivity index (χ3n) is 5.10. The average Bonchev–Trinajstić information content (AvgIpc) is 2.68. The summed E-state index contributed by atoms with van der Waals surface area (Å²) >= 11 is 0. The van der Waals surface area contributed by atoms with E-state index >= 15 is 0 Å². The molecule has 134 valence electrons. The summed E-state index contributed by atoms with van der Waals surface area (Å²) < 4.78 is 0. The van der Waals surface area contributed by atoms with Crippen LogP contribution in [0.3, 0.4) is 0 Å². The molecule has 0 radical (unpaired) electrons. The molecule has 1 unspecified atom stereocenters. The second-order valence-electron chi connectivity index (χ2n) is 8.09. The van der Waals surface area contributed by atoms with E-state index in [1.807, 2.05) is 60.7 Å². The van der Waals surface area contributed by atoms with E-state index < -0.39 is 0 Å². The molecular weight excluding hydrogens is 330 g/mol. The van der Waals surface area contributed by atoms with Gasteiger partial charge in [-0.2, -0.15) is 0 Å². The van der Waals surface area contributed by atoms with Crippen LogP contribution in [-0.2, 0) is 0 Å². The van der Waals surface area contributed by atoms with Crippen LogP contribution in [0.5, 0.6) is 0 Å². The van der Waals surface area contributed by atoms with Gasteiger partial charge in [-0.3, -0.25) is 9.78 Å². The molecule has 1 atom stereocenters. The summed E-state index contributed by atoms with van der Waals surface area (Å²) in [6, 6.07) is 26.0. The first kappa shape index (κ1) is 17.4. The monoisotopic (exact) mass is 353 g/mol. The van der Waals surface area contributed by atoms with Gasteiger partial charge >= 0.3 is 0 Å². The molecule has 0 aliphatic carbocycles. The Bertz CT molecular complexity index is 1120. The second kappa shape index (κ2) is 6.62. The number of para-hydroxylation sites is 1. The van der Waals surface area contributed by atoms with E-state index in [1.54, 1.807) is 0 Å². The molecule has 4 rings (SSSR count). The van der Waals surface area contributed by atoms with E-state index in [1.165, 1.54) is 0 Å². The quantitative estimate of drug-likeness (QED) is 0.315. The van der Waals surface area contributed by atoms with Crippen molar-refractivity contribution in [1.29, 1.82) is 0 Å². The highest BCUT2D eigenvalue weighted by Gasteiger charge is 2.35. The van der Waals surface area contributed by atoms with Gasteiger partial charge in [0.25, 0.3) is 0 Å². The molecule has 0 amide bonds. The number of carbonyl (C=O) groups excluding carboxylic acids is 1. The third-order valence-corrected chi connectivity index (χ3v) is 5.10. The van der Waals surface area contributed by atoms with Crippen LogP contribution in [-0.4, -0.2) is 10.8 Å². The molecule has 4 aromatic rings. The fourth-order valence-electron chi connectivity index (χ4n) is 3.85. The predicted molar refractivity (Wildman–Crippen MR) is 112 cm³/mol. The maximum absolute atomic E-state index is 13.5. The molecule has 0 saturated carbocycles. The number of fused-ring (bicyclic) bond motifs is 3. The van der Waals surface area contributed by atoms with Crippen LogP contribution in [0.1, 0.15) is 42.7 Å². The van der Waals surface area contributed by atoms with E-state index in [0.29, 0.717) is 0 Å². The lowest BCUT2D eigenvalue weighted by atomic mass is 9.73. The predicted octanol–water partition coefficient (Wildman–Crippen LogP) is 6.40. The fourth-order valence-corrected chi connectivity index (χ4v) is 3.85. The maximum Gasteiger partial charge on any atom is 0.172 e. The molecule has 0 fully saturated rings. The van der Waals surface area contributed by atoms with Gasteiger partial charge in [0.2, 0.25) is 0 Å². The Hall–Kier alpha value is -3.00. The van der Waals surface area contributed by atoms with E-state index in [9.17, 15) is 4.79 Å². The van der Waals surface area contributed by atoms with Crippen LogP contribution >= 0.6 is 0 Å². The first-order chi connectivity index (χ1) is 13.0. The molecule has 2 nitrogen and oxygen atoms in total. The van der Waals surface area contributed by atoms with Crippen LogP contribution in [0.15, 0.2) is 78.9 Å². The lowest BCUT2D eigenvalue weighted by molar-refractivity contribution is 0.0895. The lowest BCUT2D eigenvalue weighted by Gasteiger charge is -2.30. The number of rotatable bonds is 3. The summed E-state index contributed by atoms with van der Waals surface area (Å²) in [5, 5.41) is 3.32. The van der Waals surface area contributed by atoms with E-state index in [0.717, 1.165) is 32.9 Å². The van der Waals surface area contributed by atoms with Crippen molar-refractivity contribution in [1.82, 2.24) is 4.98 Å². The molecule has 1 aromatic heterocycles. The zero-order chi connectivity index (χ0) is 19.0. The normalized spacial score (nSPS) is 13.0. The lowest BCUT2D eigenvalue weighted by Crippen LogP contribution is -2.28. The van der Waals surface area contributed by atoms with Crippen LogP contribution < -0.4 is 0 Å². The largest absolute Gasteiger partial charge is 0.293 e. The Morgan fingerprint density at radius 1 is 0.741 bits per heavy atom. The van der Waals surface area contributed by atoms with Crippen molar-refractivity contribution in [2.45, 2.75) is 26.7 Å². The summed E-state index contributed by atoms with van der Waals surface area (Å²) in [5.74, 6) is -0.203. The highest BCUT2D eigenvalue weighted by molar-refractivity contribution is 6.10. The summed E-state index contributed by atoms with van der Waals surface area (Å²) in [7, 11) is 0. The summed E-state index contributed by atoms with van der Waals surface area (Å²) in [4.78, 5) is 18.5. The second-order valence-corrected chi connectivity index (χ2v) is 8.09. The van der Waals surface area contributed by atoms with Gasteiger partial charge < -0.3 is 0 Å². The first-order valence-corrected chi connectivity index (χ1v) is 9.33. The van der Waals surface area contributed by atoms with Crippen molar-refractivity contribution in [2.75, 3.05) is 0 Å². The van der Waals surface area contributed by atoms with Crippen molar-refractivity contribution in [3.63, 3.8) is 0 Å². The van der Waals surface area contributed by atoms with Crippen molar-refractivity contribution < 1.29 is 4.79 Å². The van der Waals surface area contributed by atoms with Crippen LogP contribution in [0.2, 0.25) is 0 Å². The minimum absolute atomic E-state index is 0.121. The number of benzene rings is 3. The minimum atomic E-state index is -0.325. The number of hydrogen-bond donors (Lipinski definition) is 0. The van der Waals surface area contributed by atoms with Crippen LogP contribution in [0.4, 0.5) is 0 Å². The smallest absolute Gasteiger partial charge is 0.172 e. The average molecular weight is 353 g/mol. The standard InChI is InChI=1S/C25H23NO/c1-25(2,3)22(24(27)17-11-5-4-6-12-17)23-20-15-8-7-13-18(20)19-14-9-10-16-21(19)26-23/h4-16,22H,1-3H3. The number of ketones is 1. The van der Waals surface area contributed by atoms with E-state index in [-0.39, 0.29) is 17.1 Å². The van der Waals surface area contributed by atoms with Gasteiger partial charge in [-0.1, -0.05) is 93.6 Å². The molecule has 0 aliphatic rings. The highest BCUT2D eigenvalue weighted by Crippen LogP contribution is 2.41. The molecule has 2 heteroatoms. The third kappa shape index (κ3) is 3.12. The summed E-state index contributed by atoms with van der Waals surface area (Å²) in [6.07, 6.45) is 0. The Kier molecular flexibility index (Phi) is 4.27. The van der Waals surface area contributed by atoms with Gasteiger partial charge in [-0.15, -0.1) is 0 Å². The zero-order valence-corrected chi connectivity index (χ0v) is 15.9. The maximum atomic E-state index is 13.5. The van der Waals surface area contributed by atoms with Gasteiger partial charge in [0.05, 0.1) is 17.1 Å². The Morgan fingerprint density at radius 2 is 1.30 bits per heavy atom. The van der Waals surface area contributed by atoms with Crippen molar-refractivity contribution in [2.24, 2.45) is 5.41 Å². The summed E-state index contributed by atoms with van der Waals surface area (Å²) in [6.45, 7) is 6.35. The van der Waals surface area contributed by atoms with Crippen LogP contribution in [0.25, 0.3) is 21.7 Å². The number of hydrogen-bond acceptors (Lipinski definition) is 2.